The van der Waals surface area contributed by atoms with Crippen molar-refractivity contribution in [2.45, 2.75) is 58.2 Å². The van der Waals surface area contributed by atoms with Gasteiger partial charge in [0.15, 0.2) is 0 Å². The number of hydrogen-bond donors (Lipinski definition) is 1. The van der Waals surface area contributed by atoms with E-state index in [0.29, 0.717) is 30.0 Å². The van der Waals surface area contributed by atoms with Gasteiger partial charge in [-0.1, -0.05) is 85.3 Å². The molecule has 0 radical (unpaired) electrons. The quantitative estimate of drug-likeness (QED) is 0.200. The van der Waals surface area contributed by atoms with E-state index in [-0.39, 0.29) is 36.7 Å². The summed E-state index contributed by atoms with van der Waals surface area (Å²) in [4.78, 5) is 44.4. The van der Waals surface area contributed by atoms with Gasteiger partial charge in [-0.3, -0.25) is 14.4 Å². The monoisotopic (exact) mass is 581 g/mol. The first kappa shape index (κ1) is 29.3. The molecule has 0 unspecified atom stereocenters. The van der Waals surface area contributed by atoms with Gasteiger partial charge in [0, 0.05) is 47.9 Å². The van der Waals surface area contributed by atoms with Crippen molar-refractivity contribution in [2.24, 2.45) is 0 Å². The molecule has 4 aromatic rings. The fraction of sp³-hybridized carbons (Fsp3) is 0.286. The highest BCUT2D eigenvalue weighted by molar-refractivity contribution is 6.30. The summed E-state index contributed by atoms with van der Waals surface area (Å²) in [5.41, 5.74) is 3.40. The Morgan fingerprint density at radius 3 is 2.38 bits per heavy atom. The van der Waals surface area contributed by atoms with Crippen molar-refractivity contribution in [3.05, 3.63) is 113 Å². The van der Waals surface area contributed by atoms with Crippen LogP contribution in [0.1, 0.15) is 54.6 Å². The van der Waals surface area contributed by atoms with Crippen LogP contribution in [0.25, 0.3) is 10.8 Å². The van der Waals surface area contributed by atoms with Crippen LogP contribution in [0.3, 0.4) is 0 Å². The van der Waals surface area contributed by atoms with Gasteiger partial charge in [0.1, 0.15) is 6.04 Å². The van der Waals surface area contributed by atoms with Crippen LogP contribution in [0.15, 0.2) is 91.0 Å². The largest absolute Gasteiger partial charge is 0.352 e. The lowest BCUT2D eigenvalue weighted by Crippen LogP contribution is -2.52. The third kappa shape index (κ3) is 6.50. The molecule has 2 atom stereocenters. The van der Waals surface area contributed by atoms with Crippen molar-refractivity contribution in [3.8, 4) is 0 Å². The molecule has 1 aliphatic heterocycles. The molecule has 1 aliphatic rings. The second-order valence-electron chi connectivity index (χ2n) is 10.9. The van der Waals surface area contributed by atoms with E-state index in [1.807, 2.05) is 98.8 Å². The standard InChI is InChI=1S/C35H36ClN3O3/c1-3-24(2)37-34(41)31(22-25-11-5-4-6-12-25)39(23-26-13-7-16-28(36)21-26)32(40)19-10-20-38-30-18-9-15-27-14-8-17-29(33(27)30)35(38)42/h4-9,11-18,21,24,31H,3,10,19-20,22-23H2,1-2H3,(H,37,41)/t24-,31-/m1/s1. The number of hydrogen-bond acceptors (Lipinski definition) is 3. The lowest BCUT2D eigenvalue weighted by atomic mass is 10.0. The van der Waals surface area contributed by atoms with Crippen LogP contribution in [-0.4, -0.2) is 41.2 Å². The molecule has 1 N–H and O–H groups in total. The van der Waals surface area contributed by atoms with E-state index in [4.69, 9.17) is 11.6 Å². The summed E-state index contributed by atoms with van der Waals surface area (Å²) in [7, 11) is 0. The Morgan fingerprint density at radius 1 is 0.929 bits per heavy atom. The van der Waals surface area contributed by atoms with Gasteiger partial charge < -0.3 is 15.1 Å². The van der Waals surface area contributed by atoms with E-state index in [1.54, 1.807) is 15.9 Å². The molecule has 0 saturated heterocycles. The van der Waals surface area contributed by atoms with Gasteiger partial charge in [0.05, 0.1) is 5.69 Å². The lowest BCUT2D eigenvalue weighted by molar-refractivity contribution is -0.141. The zero-order chi connectivity index (χ0) is 29.6. The fourth-order valence-corrected chi connectivity index (χ4v) is 5.77. The molecular weight excluding hydrogens is 546 g/mol. The van der Waals surface area contributed by atoms with Gasteiger partial charge >= 0.3 is 0 Å². The van der Waals surface area contributed by atoms with Crippen molar-refractivity contribution in [1.82, 2.24) is 10.2 Å². The van der Waals surface area contributed by atoms with Crippen LogP contribution in [0.4, 0.5) is 5.69 Å². The first-order chi connectivity index (χ1) is 20.4. The second-order valence-corrected chi connectivity index (χ2v) is 11.4. The zero-order valence-electron chi connectivity index (χ0n) is 24.1. The number of rotatable bonds is 12. The van der Waals surface area contributed by atoms with E-state index in [2.05, 4.69) is 5.32 Å². The number of halogens is 1. The van der Waals surface area contributed by atoms with E-state index in [9.17, 15) is 14.4 Å². The molecule has 5 rings (SSSR count). The predicted molar refractivity (Wildman–Crippen MR) is 169 cm³/mol. The Kier molecular flexibility index (Phi) is 9.23. The molecule has 0 aromatic heterocycles. The van der Waals surface area contributed by atoms with Crippen LogP contribution < -0.4 is 10.2 Å². The third-order valence-corrected chi connectivity index (χ3v) is 8.17. The number of amides is 3. The van der Waals surface area contributed by atoms with E-state index in [0.717, 1.165) is 34.0 Å². The number of nitrogens with zero attached hydrogens (tertiary/aromatic N) is 2. The summed E-state index contributed by atoms with van der Waals surface area (Å²) in [5, 5.41) is 5.66. The van der Waals surface area contributed by atoms with Crippen molar-refractivity contribution < 1.29 is 14.4 Å². The minimum atomic E-state index is -0.709. The first-order valence-electron chi connectivity index (χ1n) is 14.6. The average Bonchev–Trinajstić information content (AvgIpc) is 3.27. The maximum atomic E-state index is 14.0. The Labute approximate surface area is 252 Å². The van der Waals surface area contributed by atoms with E-state index < -0.39 is 6.04 Å². The minimum absolute atomic E-state index is 0.0237. The third-order valence-electron chi connectivity index (χ3n) is 7.94. The molecular formula is C35H36ClN3O3. The van der Waals surface area contributed by atoms with Crippen molar-refractivity contribution in [1.29, 1.82) is 0 Å². The Balaban J connectivity index is 1.38. The van der Waals surface area contributed by atoms with Gasteiger partial charge in [0.2, 0.25) is 11.8 Å². The molecule has 0 spiro atoms. The van der Waals surface area contributed by atoms with Gasteiger partial charge in [0.25, 0.3) is 5.91 Å². The Bertz CT molecular complexity index is 1580. The van der Waals surface area contributed by atoms with Crippen LogP contribution in [-0.2, 0) is 22.6 Å². The number of benzene rings is 4. The molecule has 0 fully saturated rings. The minimum Gasteiger partial charge on any atom is -0.352 e. The molecule has 4 aromatic carbocycles. The first-order valence-corrected chi connectivity index (χ1v) is 14.9. The molecule has 0 bridgehead atoms. The number of carbonyl (C=O) groups is 3. The Hall–Kier alpha value is -4.16. The number of carbonyl (C=O) groups excluding carboxylic acids is 3. The summed E-state index contributed by atoms with van der Waals surface area (Å²) in [6, 6.07) is 28.1. The molecule has 216 valence electrons. The molecule has 1 heterocycles. The molecule has 0 saturated carbocycles. The summed E-state index contributed by atoms with van der Waals surface area (Å²) in [6.07, 6.45) is 1.83. The number of nitrogens with one attached hydrogen (secondary N) is 1. The maximum absolute atomic E-state index is 14.0. The highest BCUT2D eigenvalue weighted by atomic mass is 35.5. The van der Waals surface area contributed by atoms with Gasteiger partial charge in [-0.15, -0.1) is 0 Å². The highest BCUT2D eigenvalue weighted by Gasteiger charge is 2.32. The summed E-state index contributed by atoms with van der Waals surface area (Å²) in [6.45, 7) is 4.64. The summed E-state index contributed by atoms with van der Waals surface area (Å²) < 4.78 is 0. The van der Waals surface area contributed by atoms with E-state index >= 15 is 0 Å². The normalized spacial score (nSPS) is 13.7. The van der Waals surface area contributed by atoms with Gasteiger partial charge in [-0.05, 0) is 60.5 Å². The predicted octanol–water partition coefficient (Wildman–Crippen LogP) is 6.79. The SMILES string of the molecule is CC[C@@H](C)NC(=O)[C@@H](Cc1ccccc1)N(Cc1cccc(Cl)c1)C(=O)CCCN1C(=O)c2cccc3cccc1c23. The van der Waals surface area contributed by atoms with Gasteiger partial charge in [-0.25, -0.2) is 0 Å². The van der Waals surface area contributed by atoms with Crippen LogP contribution in [0.2, 0.25) is 5.02 Å². The lowest BCUT2D eigenvalue weighted by Gasteiger charge is -2.32. The van der Waals surface area contributed by atoms with Crippen molar-refractivity contribution in [2.75, 3.05) is 11.4 Å². The van der Waals surface area contributed by atoms with Crippen LogP contribution in [0, 0.1) is 0 Å². The number of anilines is 1. The highest BCUT2D eigenvalue weighted by Crippen LogP contribution is 2.37. The molecule has 0 aliphatic carbocycles. The molecule has 42 heavy (non-hydrogen) atoms. The van der Waals surface area contributed by atoms with Crippen molar-refractivity contribution in [3.63, 3.8) is 0 Å². The average molecular weight is 582 g/mol. The van der Waals surface area contributed by atoms with Crippen LogP contribution >= 0.6 is 11.6 Å². The fourth-order valence-electron chi connectivity index (χ4n) is 5.56. The zero-order valence-corrected chi connectivity index (χ0v) is 24.8. The topological polar surface area (TPSA) is 69.7 Å². The van der Waals surface area contributed by atoms with Crippen molar-refractivity contribution >= 4 is 45.8 Å². The molecule has 3 amide bonds. The Morgan fingerprint density at radius 2 is 1.64 bits per heavy atom. The molecule has 6 nitrogen and oxygen atoms in total. The summed E-state index contributed by atoms with van der Waals surface area (Å²) >= 11 is 6.29. The smallest absolute Gasteiger partial charge is 0.258 e. The molecule has 7 heteroatoms. The van der Waals surface area contributed by atoms with Gasteiger partial charge in [-0.2, -0.15) is 0 Å². The second kappa shape index (κ2) is 13.2. The summed E-state index contributed by atoms with van der Waals surface area (Å²) in [5.74, 6) is -0.363. The van der Waals surface area contributed by atoms with Crippen LogP contribution in [0.5, 0.6) is 0 Å². The van der Waals surface area contributed by atoms with E-state index in [1.165, 1.54) is 0 Å². The maximum Gasteiger partial charge on any atom is 0.258 e.